The van der Waals surface area contributed by atoms with Crippen molar-refractivity contribution < 1.29 is 4.79 Å². The number of hydrogen-bond donors (Lipinski definition) is 0. The van der Waals surface area contributed by atoms with Gasteiger partial charge in [-0.2, -0.15) is 5.10 Å². The van der Waals surface area contributed by atoms with E-state index in [4.69, 9.17) is 0 Å². The highest BCUT2D eigenvalue weighted by Crippen LogP contribution is 2.22. The molecule has 0 unspecified atom stereocenters. The summed E-state index contributed by atoms with van der Waals surface area (Å²) in [5.74, 6) is 1.19. The van der Waals surface area contributed by atoms with Gasteiger partial charge in [0, 0.05) is 25.6 Å². The number of amides is 1. The Bertz CT molecular complexity index is 370. The summed E-state index contributed by atoms with van der Waals surface area (Å²) in [5, 5.41) is 4.37. The first-order chi connectivity index (χ1) is 7.22. The molecule has 0 fully saturated rings. The maximum atomic E-state index is 11.9. The number of aromatic nitrogens is 2. The van der Waals surface area contributed by atoms with Crippen LogP contribution in [-0.2, 0) is 11.3 Å². The molecule has 0 spiro atoms. The van der Waals surface area contributed by atoms with Gasteiger partial charge in [0.05, 0.1) is 5.69 Å². The molecule has 2 heterocycles. The molecule has 82 valence electrons. The predicted molar refractivity (Wildman–Crippen MR) is 58.8 cm³/mol. The molecule has 2 rings (SSSR count). The van der Waals surface area contributed by atoms with E-state index in [2.05, 4.69) is 5.10 Å². The number of fused-ring (bicyclic) bond motifs is 1. The van der Waals surface area contributed by atoms with Gasteiger partial charge in [0.1, 0.15) is 5.82 Å². The van der Waals surface area contributed by atoms with Gasteiger partial charge in [-0.15, -0.1) is 0 Å². The zero-order valence-corrected chi connectivity index (χ0v) is 9.36. The number of rotatable bonds is 2. The van der Waals surface area contributed by atoms with Crippen molar-refractivity contribution in [3.8, 4) is 0 Å². The van der Waals surface area contributed by atoms with Gasteiger partial charge in [-0.1, -0.05) is 6.92 Å². The van der Waals surface area contributed by atoms with Crippen LogP contribution in [0.25, 0.3) is 0 Å². The molecule has 4 nitrogen and oxygen atoms in total. The molecule has 0 N–H and O–H groups in total. The third-order valence-corrected chi connectivity index (χ3v) is 2.67. The summed E-state index contributed by atoms with van der Waals surface area (Å²) in [4.78, 5) is 13.7. The van der Waals surface area contributed by atoms with Crippen LogP contribution in [0.3, 0.4) is 0 Å². The number of anilines is 1. The molecule has 0 saturated carbocycles. The molecular formula is C11H17N3O. The lowest BCUT2D eigenvalue weighted by molar-refractivity contribution is -0.118. The lowest BCUT2D eigenvalue weighted by Crippen LogP contribution is -2.37. The molecule has 0 aromatic carbocycles. The van der Waals surface area contributed by atoms with Crippen LogP contribution in [0, 0.1) is 6.92 Å². The first-order valence-corrected chi connectivity index (χ1v) is 5.57. The summed E-state index contributed by atoms with van der Waals surface area (Å²) in [5.41, 5.74) is 0.987. The quantitative estimate of drug-likeness (QED) is 0.740. The second-order valence-electron chi connectivity index (χ2n) is 4.02. The van der Waals surface area contributed by atoms with Crippen molar-refractivity contribution in [2.45, 2.75) is 39.7 Å². The molecule has 1 aromatic rings. The first kappa shape index (κ1) is 10.2. The topological polar surface area (TPSA) is 38.1 Å². The minimum atomic E-state index is 0.221. The van der Waals surface area contributed by atoms with Crippen molar-refractivity contribution in [3.63, 3.8) is 0 Å². The van der Waals surface area contributed by atoms with E-state index in [1.807, 2.05) is 29.5 Å². The number of carbonyl (C=O) groups is 1. The van der Waals surface area contributed by atoms with Gasteiger partial charge in [-0.05, 0) is 19.8 Å². The van der Waals surface area contributed by atoms with Gasteiger partial charge in [-0.25, -0.2) is 4.68 Å². The van der Waals surface area contributed by atoms with E-state index in [1.165, 1.54) is 0 Å². The molecule has 0 bridgehead atoms. The molecule has 0 atom stereocenters. The molecule has 1 aliphatic heterocycles. The van der Waals surface area contributed by atoms with E-state index in [9.17, 15) is 4.79 Å². The number of carbonyl (C=O) groups excluding carboxylic acids is 1. The summed E-state index contributed by atoms with van der Waals surface area (Å²) < 4.78 is 1.94. The average molecular weight is 207 g/mol. The normalized spacial score (nSPS) is 15.2. The highest BCUT2D eigenvalue weighted by Gasteiger charge is 2.22. The summed E-state index contributed by atoms with van der Waals surface area (Å²) >= 11 is 0. The number of aryl methyl sites for hydroxylation is 2. The number of hydrogen-bond acceptors (Lipinski definition) is 2. The van der Waals surface area contributed by atoms with E-state index in [-0.39, 0.29) is 5.91 Å². The van der Waals surface area contributed by atoms with Crippen molar-refractivity contribution in [3.05, 3.63) is 11.8 Å². The summed E-state index contributed by atoms with van der Waals surface area (Å²) in [6.07, 6.45) is 2.54. The maximum absolute atomic E-state index is 11.9. The fraction of sp³-hybridized carbons (Fsp3) is 0.636. The lowest BCUT2D eigenvalue weighted by atomic mass is 10.2. The monoisotopic (exact) mass is 207 g/mol. The molecule has 1 amide bonds. The SMILES string of the molecule is CCCC(=O)N1CCCn2nc(C)cc21. The van der Waals surface area contributed by atoms with Gasteiger partial charge >= 0.3 is 0 Å². The van der Waals surface area contributed by atoms with Crippen molar-refractivity contribution in [1.82, 2.24) is 9.78 Å². The van der Waals surface area contributed by atoms with E-state index in [0.717, 1.165) is 37.4 Å². The second-order valence-corrected chi connectivity index (χ2v) is 4.02. The van der Waals surface area contributed by atoms with Crippen LogP contribution in [0.5, 0.6) is 0 Å². The van der Waals surface area contributed by atoms with Crippen LogP contribution in [0.1, 0.15) is 31.9 Å². The highest BCUT2D eigenvalue weighted by atomic mass is 16.2. The van der Waals surface area contributed by atoms with Crippen LogP contribution >= 0.6 is 0 Å². The van der Waals surface area contributed by atoms with Crippen LogP contribution < -0.4 is 4.90 Å². The van der Waals surface area contributed by atoms with Crippen molar-refractivity contribution in [1.29, 1.82) is 0 Å². The van der Waals surface area contributed by atoms with E-state index < -0.39 is 0 Å². The molecular weight excluding hydrogens is 190 g/mol. The van der Waals surface area contributed by atoms with Gasteiger partial charge < -0.3 is 0 Å². The molecule has 1 aromatic heterocycles. The zero-order valence-electron chi connectivity index (χ0n) is 9.36. The Hall–Kier alpha value is -1.32. The third kappa shape index (κ3) is 1.89. The predicted octanol–water partition coefficient (Wildman–Crippen LogP) is 1.73. The fourth-order valence-electron chi connectivity index (χ4n) is 2.01. The smallest absolute Gasteiger partial charge is 0.228 e. The van der Waals surface area contributed by atoms with Crippen LogP contribution in [-0.4, -0.2) is 22.2 Å². The van der Waals surface area contributed by atoms with E-state index >= 15 is 0 Å². The fourth-order valence-corrected chi connectivity index (χ4v) is 2.01. The standard InChI is InChI=1S/C11H17N3O/c1-3-5-11(15)13-6-4-7-14-10(13)8-9(2)12-14/h8H,3-7H2,1-2H3. The van der Waals surface area contributed by atoms with Gasteiger partial charge in [0.25, 0.3) is 0 Å². The summed E-state index contributed by atoms with van der Waals surface area (Å²) in [6.45, 7) is 5.77. The van der Waals surface area contributed by atoms with Crippen LogP contribution in [0.2, 0.25) is 0 Å². The van der Waals surface area contributed by atoms with Gasteiger partial charge in [0.2, 0.25) is 5.91 Å². The Labute approximate surface area is 89.9 Å². The van der Waals surface area contributed by atoms with E-state index in [0.29, 0.717) is 6.42 Å². The van der Waals surface area contributed by atoms with Crippen molar-refractivity contribution in [2.24, 2.45) is 0 Å². The Morgan fingerprint density at radius 2 is 2.33 bits per heavy atom. The summed E-state index contributed by atoms with van der Waals surface area (Å²) in [6, 6.07) is 1.99. The molecule has 0 radical (unpaired) electrons. The second kappa shape index (κ2) is 4.04. The molecule has 15 heavy (non-hydrogen) atoms. The Morgan fingerprint density at radius 1 is 1.53 bits per heavy atom. The third-order valence-electron chi connectivity index (χ3n) is 2.67. The minimum Gasteiger partial charge on any atom is -0.297 e. The molecule has 1 aliphatic rings. The van der Waals surface area contributed by atoms with Crippen LogP contribution in [0.15, 0.2) is 6.07 Å². The largest absolute Gasteiger partial charge is 0.297 e. The van der Waals surface area contributed by atoms with Crippen molar-refractivity contribution >= 4 is 11.7 Å². The average Bonchev–Trinajstić information content (AvgIpc) is 2.57. The van der Waals surface area contributed by atoms with E-state index in [1.54, 1.807) is 0 Å². The molecule has 0 saturated heterocycles. The Morgan fingerprint density at radius 3 is 3.07 bits per heavy atom. The zero-order chi connectivity index (χ0) is 10.8. The van der Waals surface area contributed by atoms with Crippen LogP contribution in [0.4, 0.5) is 5.82 Å². The minimum absolute atomic E-state index is 0.221. The Kier molecular flexibility index (Phi) is 2.75. The lowest BCUT2D eigenvalue weighted by Gasteiger charge is -2.27. The van der Waals surface area contributed by atoms with Gasteiger partial charge in [0.15, 0.2) is 0 Å². The Balaban J connectivity index is 2.25. The van der Waals surface area contributed by atoms with Gasteiger partial charge in [-0.3, -0.25) is 9.69 Å². The molecule has 0 aliphatic carbocycles. The molecule has 4 heteroatoms. The van der Waals surface area contributed by atoms with Crippen molar-refractivity contribution in [2.75, 3.05) is 11.4 Å². The first-order valence-electron chi connectivity index (χ1n) is 5.57. The number of nitrogens with zero attached hydrogens (tertiary/aromatic N) is 3. The summed E-state index contributed by atoms with van der Waals surface area (Å²) in [7, 11) is 0. The maximum Gasteiger partial charge on any atom is 0.228 e. The highest BCUT2D eigenvalue weighted by molar-refractivity contribution is 5.92.